The van der Waals surface area contributed by atoms with E-state index < -0.39 is 0 Å². The summed E-state index contributed by atoms with van der Waals surface area (Å²) in [5.41, 5.74) is 7.38. The zero-order valence-corrected chi connectivity index (χ0v) is 12.9. The third-order valence-corrected chi connectivity index (χ3v) is 5.02. The number of rotatable bonds is 3. The van der Waals surface area contributed by atoms with E-state index in [1.165, 1.54) is 12.8 Å². The lowest BCUT2D eigenvalue weighted by molar-refractivity contribution is -0.0672. The largest absolute Gasteiger partial charge is 0.486 e. The quantitative estimate of drug-likeness (QED) is 0.930. The zero-order valence-electron chi connectivity index (χ0n) is 12.9. The van der Waals surface area contributed by atoms with Crippen LogP contribution in [0.5, 0.6) is 11.5 Å². The molecule has 1 heterocycles. The van der Waals surface area contributed by atoms with E-state index in [4.69, 9.17) is 19.9 Å². The van der Waals surface area contributed by atoms with Gasteiger partial charge in [-0.3, -0.25) is 0 Å². The van der Waals surface area contributed by atoms with E-state index >= 15 is 0 Å². The summed E-state index contributed by atoms with van der Waals surface area (Å²) >= 11 is 0. The fraction of sp³-hybridized carbons (Fsp3) is 0.647. The molecule has 1 aromatic carbocycles. The molecule has 1 unspecified atom stereocenters. The molecule has 1 atom stereocenters. The molecule has 1 fully saturated rings. The van der Waals surface area contributed by atoms with E-state index in [9.17, 15) is 0 Å². The molecule has 1 aliphatic heterocycles. The van der Waals surface area contributed by atoms with Gasteiger partial charge in [-0.15, -0.1) is 0 Å². The van der Waals surface area contributed by atoms with Gasteiger partial charge >= 0.3 is 0 Å². The molecule has 1 aromatic rings. The summed E-state index contributed by atoms with van der Waals surface area (Å²) in [5, 5.41) is 0. The molecule has 4 heteroatoms. The van der Waals surface area contributed by atoms with Crippen LogP contribution in [0.4, 0.5) is 0 Å². The van der Waals surface area contributed by atoms with Crippen molar-refractivity contribution >= 4 is 0 Å². The second-order valence-corrected chi connectivity index (χ2v) is 6.33. The number of methoxy groups -OCH3 is 1. The summed E-state index contributed by atoms with van der Waals surface area (Å²) in [4.78, 5) is 0. The first kappa shape index (κ1) is 14.7. The van der Waals surface area contributed by atoms with Crippen molar-refractivity contribution in [3.8, 4) is 11.5 Å². The van der Waals surface area contributed by atoms with E-state index in [1.807, 2.05) is 18.2 Å². The molecule has 0 spiro atoms. The minimum Gasteiger partial charge on any atom is -0.486 e. The van der Waals surface area contributed by atoms with Crippen molar-refractivity contribution in [2.24, 2.45) is 11.7 Å². The van der Waals surface area contributed by atoms with Gasteiger partial charge in [-0.2, -0.15) is 0 Å². The normalized spacial score (nSPS) is 30.0. The zero-order chi connectivity index (χ0) is 14.9. The van der Waals surface area contributed by atoms with Gasteiger partial charge < -0.3 is 19.9 Å². The lowest BCUT2D eigenvalue weighted by Crippen LogP contribution is -2.45. The third kappa shape index (κ3) is 2.74. The van der Waals surface area contributed by atoms with Gasteiger partial charge in [0.1, 0.15) is 13.2 Å². The van der Waals surface area contributed by atoms with E-state index in [0.717, 1.165) is 35.8 Å². The standard InChI is InChI=1S/C17H25NO3/c1-12-5-7-17(19-2,8-6-12)16(18)13-3-4-14-15(11-13)21-10-9-20-14/h3-4,11-12,16H,5-10,18H2,1-2H3. The van der Waals surface area contributed by atoms with Crippen molar-refractivity contribution < 1.29 is 14.2 Å². The molecule has 0 aromatic heterocycles. The molecule has 116 valence electrons. The maximum absolute atomic E-state index is 6.57. The highest BCUT2D eigenvalue weighted by molar-refractivity contribution is 5.45. The monoisotopic (exact) mass is 291 g/mol. The molecule has 1 saturated carbocycles. The molecule has 1 aliphatic carbocycles. The summed E-state index contributed by atoms with van der Waals surface area (Å²) in [6, 6.07) is 5.87. The van der Waals surface area contributed by atoms with Gasteiger partial charge in [0.25, 0.3) is 0 Å². The number of ether oxygens (including phenoxy) is 3. The van der Waals surface area contributed by atoms with Crippen LogP contribution in [0.25, 0.3) is 0 Å². The number of hydrogen-bond donors (Lipinski definition) is 1. The Hall–Kier alpha value is -1.26. The highest BCUT2D eigenvalue weighted by atomic mass is 16.6. The van der Waals surface area contributed by atoms with Gasteiger partial charge in [-0.1, -0.05) is 13.0 Å². The molecular formula is C17H25NO3. The highest BCUT2D eigenvalue weighted by Crippen LogP contribution is 2.43. The molecule has 2 N–H and O–H groups in total. The van der Waals surface area contributed by atoms with Crippen molar-refractivity contribution in [2.75, 3.05) is 20.3 Å². The van der Waals surface area contributed by atoms with Crippen LogP contribution in [0.3, 0.4) is 0 Å². The maximum atomic E-state index is 6.57. The number of fused-ring (bicyclic) bond motifs is 1. The van der Waals surface area contributed by atoms with Crippen molar-refractivity contribution in [2.45, 2.75) is 44.2 Å². The van der Waals surface area contributed by atoms with Crippen LogP contribution < -0.4 is 15.2 Å². The molecule has 3 rings (SSSR count). The van der Waals surface area contributed by atoms with Crippen molar-refractivity contribution in [1.29, 1.82) is 0 Å². The summed E-state index contributed by atoms with van der Waals surface area (Å²) in [6.45, 7) is 3.51. The van der Waals surface area contributed by atoms with Gasteiger partial charge in [-0.25, -0.2) is 0 Å². The summed E-state index contributed by atoms with van der Waals surface area (Å²) < 4.78 is 17.1. The first-order valence-electron chi connectivity index (χ1n) is 7.85. The van der Waals surface area contributed by atoms with Crippen LogP contribution in [0, 0.1) is 5.92 Å². The van der Waals surface area contributed by atoms with Crippen LogP contribution in [-0.2, 0) is 4.74 Å². The molecule has 4 nitrogen and oxygen atoms in total. The highest BCUT2D eigenvalue weighted by Gasteiger charge is 2.40. The first-order chi connectivity index (χ1) is 10.1. The van der Waals surface area contributed by atoms with Gasteiger partial charge in [0, 0.05) is 7.11 Å². The SMILES string of the molecule is COC1(C(N)c2ccc3c(c2)OCCO3)CCC(C)CC1. The fourth-order valence-electron chi connectivity index (χ4n) is 3.45. The predicted octanol–water partition coefficient (Wildman–Crippen LogP) is 3.05. The topological polar surface area (TPSA) is 53.7 Å². The average molecular weight is 291 g/mol. The van der Waals surface area contributed by atoms with Crippen LogP contribution in [-0.4, -0.2) is 25.9 Å². The van der Waals surface area contributed by atoms with Crippen molar-refractivity contribution in [1.82, 2.24) is 0 Å². The van der Waals surface area contributed by atoms with Crippen LogP contribution in [0.15, 0.2) is 18.2 Å². The number of nitrogens with two attached hydrogens (primary N) is 1. The minimum atomic E-state index is -0.254. The Morgan fingerprint density at radius 2 is 1.86 bits per heavy atom. The predicted molar refractivity (Wildman–Crippen MR) is 81.7 cm³/mol. The molecule has 2 aliphatic rings. The Morgan fingerprint density at radius 3 is 2.52 bits per heavy atom. The lowest BCUT2D eigenvalue weighted by atomic mass is 9.73. The van der Waals surface area contributed by atoms with Gasteiger partial charge in [0.05, 0.1) is 11.6 Å². The van der Waals surface area contributed by atoms with Gasteiger partial charge in [0.15, 0.2) is 11.5 Å². The van der Waals surface area contributed by atoms with E-state index in [0.29, 0.717) is 13.2 Å². The van der Waals surface area contributed by atoms with Crippen LogP contribution >= 0.6 is 0 Å². The molecular weight excluding hydrogens is 266 g/mol. The van der Waals surface area contributed by atoms with Crippen LogP contribution in [0.2, 0.25) is 0 Å². The van der Waals surface area contributed by atoms with E-state index in [-0.39, 0.29) is 11.6 Å². The number of hydrogen-bond acceptors (Lipinski definition) is 4. The summed E-state index contributed by atoms with van der Waals surface area (Å²) in [7, 11) is 1.79. The molecule has 0 saturated heterocycles. The Bertz CT molecular complexity index is 495. The van der Waals surface area contributed by atoms with Crippen molar-refractivity contribution in [3.05, 3.63) is 23.8 Å². The fourth-order valence-corrected chi connectivity index (χ4v) is 3.45. The molecule has 0 amide bonds. The summed E-state index contributed by atoms with van der Waals surface area (Å²) in [6.07, 6.45) is 4.37. The third-order valence-electron chi connectivity index (χ3n) is 5.02. The summed E-state index contributed by atoms with van der Waals surface area (Å²) in [5.74, 6) is 2.37. The molecule has 0 bridgehead atoms. The molecule has 21 heavy (non-hydrogen) atoms. The smallest absolute Gasteiger partial charge is 0.161 e. The molecule has 0 radical (unpaired) electrons. The van der Waals surface area contributed by atoms with Gasteiger partial charge in [-0.05, 0) is 49.3 Å². The van der Waals surface area contributed by atoms with Crippen molar-refractivity contribution in [3.63, 3.8) is 0 Å². The Morgan fingerprint density at radius 1 is 1.19 bits per heavy atom. The average Bonchev–Trinajstić information content (AvgIpc) is 2.55. The van der Waals surface area contributed by atoms with E-state index in [2.05, 4.69) is 6.92 Å². The first-order valence-corrected chi connectivity index (χ1v) is 7.85. The van der Waals surface area contributed by atoms with E-state index in [1.54, 1.807) is 7.11 Å². The second kappa shape index (κ2) is 5.85. The van der Waals surface area contributed by atoms with Gasteiger partial charge in [0.2, 0.25) is 0 Å². The minimum absolute atomic E-state index is 0.133. The Kier molecular flexibility index (Phi) is 4.09. The maximum Gasteiger partial charge on any atom is 0.161 e. The second-order valence-electron chi connectivity index (χ2n) is 6.33. The Balaban J connectivity index is 1.84. The lowest BCUT2D eigenvalue weighted by Gasteiger charge is -2.42. The Labute approximate surface area is 126 Å². The van der Waals surface area contributed by atoms with Crippen LogP contribution in [0.1, 0.15) is 44.2 Å². The number of benzene rings is 1.